The van der Waals surface area contributed by atoms with Gasteiger partial charge < -0.3 is 10.2 Å². The first kappa shape index (κ1) is 16.5. The van der Waals surface area contributed by atoms with Gasteiger partial charge in [-0.15, -0.1) is 0 Å². The molecule has 0 radical (unpaired) electrons. The molecule has 2 aromatic carbocycles. The molecule has 4 nitrogen and oxygen atoms in total. The van der Waals surface area contributed by atoms with Crippen molar-refractivity contribution in [3.63, 3.8) is 0 Å². The number of rotatable bonds is 3. The van der Waals surface area contributed by atoms with E-state index in [1.54, 1.807) is 48.2 Å². The average Bonchev–Trinajstić information content (AvgIpc) is 2.93. The highest BCUT2D eigenvalue weighted by Crippen LogP contribution is 2.28. The predicted molar refractivity (Wildman–Crippen MR) is 91.7 cm³/mol. The molecule has 1 aliphatic rings. The molecule has 6 heteroatoms. The van der Waals surface area contributed by atoms with Gasteiger partial charge in [-0.3, -0.25) is 9.59 Å². The summed E-state index contributed by atoms with van der Waals surface area (Å²) in [6.07, 6.45) is 0.118. The van der Waals surface area contributed by atoms with Gasteiger partial charge in [-0.05, 0) is 42.8 Å². The maximum atomic E-state index is 13.6. The molecule has 1 fully saturated rings. The summed E-state index contributed by atoms with van der Waals surface area (Å²) in [6.45, 7) is 1.93. The fourth-order valence-corrected chi connectivity index (χ4v) is 2.88. The third-order valence-electron chi connectivity index (χ3n) is 4.06. The Hall–Kier alpha value is -2.40. The van der Waals surface area contributed by atoms with Crippen molar-refractivity contribution >= 4 is 34.8 Å². The second kappa shape index (κ2) is 6.61. The second-order valence-corrected chi connectivity index (χ2v) is 6.27. The maximum absolute atomic E-state index is 13.6. The van der Waals surface area contributed by atoms with E-state index < -0.39 is 5.92 Å². The zero-order valence-electron chi connectivity index (χ0n) is 13.1. The summed E-state index contributed by atoms with van der Waals surface area (Å²) in [5.41, 5.74) is 1.57. The summed E-state index contributed by atoms with van der Waals surface area (Å²) in [5, 5.41) is 3.20. The molecule has 2 amide bonds. The highest BCUT2D eigenvalue weighted by molar-refractivity contribution is 6.31. The van der Waals surface area contributed by atoms with Crippen molar-refractivity contribution in [1.29, 1.82) is 0 Å². The minimum absolute atomic E-state index is 0.118. The minimum Gasteiger partial charge on any atom is -0.326 e. The first-order chi connectivity index (χ1) is 11.4. The topological polar surface area (TPSA) is 49.4 Å². The number of carbonyl (C=O) groups is 2. The number of nitrogens with zero attached hydrogens (tertiary/aromatic N) is 1. The third-order valence-corrected chi connectivity index (χ3v) is 4.29. The molecule has 2 aromatic rings. The van der Waals surface area contributed by atoms with E-state index in [2.05, 4.69) is 5.32 Å². The molecule has 0 unspecified atom stereocenters. The van der Waals surface area contributed by atoms with Gasteiger partial charge in [0.15, 0.2) is 0 Å². The molecule has 124 valence electrons. The second-order valence-electron chi connectivity index (χ2n) is 5.84. The van der Waals surface area contributed by atoms with E-state index in [1.807, 2.05) is 0 Å². The number of aryl methyl sites for hydroxylation is 1. The van der Waals surface area contributed by atoms with Crippen LogP contribution in [0, 0.1) is 18.7 Å². The van der Waals surface area contributed by atoms with Crippen LogP contribution in [0.2, 0.25) is 5.02 Å². The van der Waals surface area contributed by atoms with Crippen LogP contribution in [0.25, 0.3) is 0 Å². The van der Waals surface area contributed by atoms with Crippen LogP contribution >= 0.6 is 11.6 Å². The lowest BCUT2D eigenvalue weighted by atomic mass is 10.1. The van der Waals surface area contributed by atoms with Gasteiger partial charge in [-0.25, -0.2) is 4.39 Å². The SMILES string of the molecule is Cc1ccc(NC(=O)[C@H]2CC(=O)N(c3cccc(Cl)c3)C2)cc1F. The molecule has 0 spiro atoms. The highest BCUT2D eigenvalue weighted by atomic mass is 35.5. The van der Waals surface area contributed by atoms with E-state index in [0.717, 1.165) is 0 Å². The zero-order valence-corrected chi connectivity index (χ0v) is 13.8. The fourth-order valence-electron chi connectivity index (χ4n) is 2.69. The number of hydrogen-bond acceptors (Lipinski definition) is 2. The monoisotopic (exact) mass is 346 g/mol. The van der Waals surface area contributed by atoms with E-state index in [4.69, 9.17) is 11.6 Å². The Morgan fingerprint density at radius 1 is 1.29 bits per heavy atom. The summed E-state index contributed by atoms with van der Waals surface area (Å²) in [4.78, 5) is 26.1. The first-order valence-corrected chi connectivity index (χ1v) is 7.95. The van der Waals surface area contributed by atoms with Gasteiger partial charge in [-0.1, -0.05) is 23.7 Å². The first-order valence-electron chi connectivity index (χ1n) is 7.57. The summed E-state index contributed by atoms with van der Waals surface area (Å²) in [6, 6.07) is 11.5. The standard InChI is InChI=1S/C18H16ClFN2O2/c1-11-5-6-14(9-16(11)20)21-18(24)12-7-17(23)22(10-12)15-4-2-3-13(19)8-15/h2-6,8-9,12H,7,10H2,1H3,(H,21,24)/t12-/m0/s1. The van der Waals surface area contributed by atoms with E-state index in [9.17, 15) is 14.0 Å². The van der Waals surface area contributed by atoms with Crippen LogP contribution in [0.15, 0.2) is 42.5 Å². The molecule has 3 rings (SSSR count). The Bertz CT molecular complexity index is 809. The van der Waals surface area contributed by atoms with Crippen LogP contribution in [0.4, 0.5) is 15.8 Å². The van der Waals surface area contributed by atoms with Gasteiger partial charge in [0.2, 0.25) is 11.8 Å². The lowest BCUT2D eigenvalue weighted by Gasteiger charge is -2.17. The molecular formula is C18H16ClFN2O2. The molecule has 0 aliphatic carbocycles. The smallest absolute Gasteiger partial charge is 0.229 e. The number of carbonyl (C=O) groups excluding carboxylic acids is 2. The van der Waals surface area contributed by atoms with Crippen LogP contribution in [0.3, 0.4) is 0 Å². The number of anilines is 2. The van der Waals surface area contributed by atoms with Gasteiger partial charge >= 0.3 is 0 Å². The zero-order chi connectivity index (χ0) is 17.3. The van der Waals surface area contributed by atoms with Gasteiger partial charge in [0.05, 0.1) is 5.92 Å². The molecule has 0 bridgehead atoms. The molecule has 1 saturated heterocycles. The molecule has 0 saturated carbocycles. The van der Waals surface area contributed by atoms with E-state index in [-0.39, 0.29) is 30.6 Å². The van der Waals surface area contributed by atoms with Gasteiger partial charge in [0.1, 0.15) is 5.82 Å². The maximum Gasteiger partial charge on any atom is 0.229 e. The van der Waals surface area contributed by atoms with Crippen molar-refractivity contribution in [3.05, 3.63) is 58.9 Å². The molecule has 1 N–H and O–H groups in total. The summed E-state index contributed by atoms with van der Waals surface area (Å²) in [7, 11) is 0. The van der Waals surface area contributed by atoms with E-state index in [0.29, 0.717) is 22.0 Å². The molecule has 1 atom stereocenters. The number of amides is 2. The number of benzene rings is 2. The van der Waals surface area contributed by atoms with Crippen LogP contribution in [-0.2, 0) is 9.59 Å². The predicted octanol–water partition coefficient (Wildman–Crippen LogP) is 3.78. The van der Waals surface area contributed by atoms with Crippen molar-refractivity contribution < 1.29 is 14.0 Å². The summed E-state index contributed by atoms with van der Waals surface area (Å²) < 4.78 is 13.6. The summed E-state index contributed by atoms with van der Waals surface area (Å²) >= 11 is 5.95. The Balaban J connectivity index is 1.70. The lowest BCUT2D eigenvalue weighted by molar-refractivity contribution is -0.122. The third kappa shape index (κ3) is 3.41. The van der Waals surface area contributed by atoms with Crippen molar-refractivity contribution in [1.82, 2.24) is 0 Å². The van der Waals surface area contributed by atoms with Gasteiger partial charge in [-0.2, -0.15) is 0 Å². The van der Waals surface area contributed by atoms with Crippen molar-refractivity contribution in [2.45, 2.75) is 13.3 Å². The number of hydrogen-bond donors (Lipinski definition) is 1. The Kier molecular flexibility index (Phi) is 4.53. The highest BCUT2D eigenvalue weighted by Gasteiger charge is 2.35. The Morgan fingerprint density at radius 2 is 2.08 bits per heavy atom. The average molecular weight is 347 g/mol. The van der Waals surface area contributed by atoms with Crippen molar-refractivity contribution in [2.75, 3.05) is 16.8 Å². The fraction of sp³-hybridized carbons (Fsp3) is 0.222. The molecule has 1 aliphatic heterocycles. The van der Waals surface area contributed by atoms with Gasteiger partial charge in [0, 0.05) is 29.4 Å². The van der Waals surface area contributed by atoms with E-state index in [1.165, 1.54) is 6.07 Å². The van der Waals surface area contributed by atoms with E-state index >= 15 is 0 Å². The molecule has 1 heterocycles. The van der Waals surface area contributed by atoms with Crippen LogP contribution < -0.4 is 10.2 Å². The molecule has 0 aromatic heterocycles. The Morgan fingerprint density at radius 3 is 2.79 bits per heavy atom. The van der Waals surface area contributed by atoms with Crippen molar-refractivity contribution in [3.8, 4) is 0 Å². The van der Waals surface area contributed by atoms with Crippen LogP contribution in [-0.4, -0.2) is 18.4 Å². The molecular weight excluding hydrogens is 331 g/mol. The Labute approximate surface area is 144 Å². The minimum atomic E-state index is -0.485. The number of halogens is 2. The normalized spacial score (nSPS) is 17.2. The number of nitrogens with one attached hydrogen (secondary N) is 1. The molecule has 24 heavy (non-hydrogen) atoms. The van der Waals surface area contributed by atoms with Gasteiger partial charge in [0.25, 0.3) is 0 Å². The summed E-state index contributed by atoms with van der Waals surface area (Å²) in [5.74, 6) is -1.29. The van der Waals surface area contributed by atoms with Crippen molar-refractivity contribution in [2.24, 2.45) is 5.92 Å². The largest absolute Gasteiger partial charge is 0.326 e. The van der Waals surface area contributed by atoms with Crippen LogP contribution in [0.1, 0.15) is 12.0 Å². The lowest BCUT2D eigenvalue weighted by Crippen LogP contribution is -2.28. The van der Waals surface area contributed by atoms with Crippen LogP contribution in [0.5, 0.6) is 0 Å². The quantitative estimate of drug-likeness (QED) is 0.919.